The Morgan fingerprint density at radius 2 is 1.30 bits per heavy atom. The molecular weight excluding hydrogens is 376 g/mol. The van der Waals surface area contributed by atoms with Gasteiger partial charge in [-0.25, -0.2) is 0 Å². The van der Waals surface area contributed by atoms with Gasteiger partial charge in [0.15, 0.2) is 0 Å². The van der Waals surface area contributed by atoms with E-state index in [0.29, 0.717) is 24.2 Å². The number of likely N-dealkylation sites (N-methyl/N-ethyl adjacent to an activating group) is 1. The summed E-state index contributed by atoms with van der Waals surface area (Å²) in [4.78, 5) is 35.0. The molecule has 6 heteroatoms. The maximum atomic E-state index is 13.0. The molecule has 0 aromatic heterocycles. The minimum atomic E-state index is 0.163. The SMILES string of the molecule is CCC(=O)C1CCC(C(=O)N2CCC(N3CCC(N4CCN(C)CC4)C3)CC2)CC1. The van der Waals surface area contributed by atoms with E-state index in [1.807, 2.05) is 6.92 Å². The number of rotatable bonds is 5. The summed E-state index contributed by atoms with van der Waals surface area (Å²) < 4.78 is 0. The van der Waals surface area contributed by atoms with Crippen molar-refractivity contribution in [3.8, 4) is 0 Å². The number of piperazine rings is 1. The van der Waals surface area contributed by atoms with Gasteiger partial charge in [0.25, 0.3) is 0 Å². The molecule has 3 heterocycles. The molecule has 3 saturated heterocycles. The topological polar surface area (TPSA) is 47.1 Å². The molecule has 1 atom stereocenters. The summed E-state index contributed by atoms with van der Waals surface area (Å²) in [5.74, 6) is 1.14. The normalized spacial score (nSPS) is 33.1. The predicted molar refractivity (Wildman–Crippen MR) is 119 cm³/mol. The molecule has 4 aliphatic rings. The van der Waals surface area contributed by atoms with Crippen LogP contribution in [0.25, 0.3) is 0 Å². The average Bonchev–Trinajstić information content (AvgIpc) is 3.29. The molecule has 170 valence electrons. The van der Waals surface area contributed by atoms with Gasteiger partial charge in [0.2, 0.25) is 5.91 Å². The molecule has 0 bridgehead atoms. The molecule has 1 unspecified atom stereocenters. The maximum Gasteiger partial charge on any atom is 0.225 e. The zero-order valence-electron chi connectivity index (χ0n) is 19.2. The van der Waals surface area contributed by atoms with Crippen molar-refractivity contribution in [2.24, 2.45) is 11.8 Å². The first-order valence-electron chi connectivity index (χ1n) is 12.5. The first-order valence-corrected chi connectivity index (χ1v) is 12.5. The molecule has 0 aromatic carbocycles. The van der Waals surface area contributed by atoms with Crippen molar-refractivity contribution in [2.45, 2.75) is 70.4 Å². The van der Waals surface area contributed by atoms with Gasteiger partial charge in [0.1, 0.15) is 5.78 Å². The summed E-state index contributed by atoms with van der Waals surface area (Å²) in [6.07, 6.45) is 7.87. The predicted octanol–water partition coefficient (Wildman–Crippen LogP) is 2.08. The molecule has 3 aliphatic heterocycles. The molecule has 1 saturated carbocycles. The third kappa shape index (κ3) is 5.08. The van der Waals surface area contributed by atoms with Crippen LogP contribution in [0.5, 0.6) is 0 Å². The zero-order valence-corrected chi connectivity index (χ0v) is 19.2. The van der Waals surface area contributed by atoms with Crippen LogP contribution < -0.4 is 0 Å². The number of nitrogens with zero attached hydrogens (tertiary/aromatic N) is 4. The summed E-state index contributed by atoms with van der Waals surface area (Å²) in [6, 6.07) is 1.39. The number of Topliss-reactive ketones (excluding diaryl/α,β-unsaturated/α-hetero) is 1. The second-order valence-corrected chi connectivity index (χ2v) is 10.2. The molecule has 4 fully saturated rings. The van der Waals surface area contributed by atoms with Gasteiger partial charge in [-0.2, -0.15) is 0 Å². The molecule has 0 N–H and O–H groups in total. The third-order valence-electron chi connectivity index (χ3n) is 8.42. The highest BCUT2D eigenvalue weighted by Crippen LogP contribution is 2.32. The van der Waals surface area contributed by atoms with Crippen molar-refractivity contribution in [1.29, 1.82) is 0 Å². The van der Waals surface area contributed by atoms with Gasteiger partial charge in [-0.1, -0.05) is 6.92 Å². The van der Waals surface area contributed by atoms with Gasteiger partial charge in [0.05, 0.1) is 0 Å². The lowest BCUT2D eigenvalue weighted by molar-refractivity contribution is -0.139. The summed E-state index contributed by atoms with van der Waals surface area (Å²) in [5, 5.41) is 0. The Morgan fingerprint density at radius 3 is 1.93 bits per heavy atom. The summed E-state index contributed by atoms with van der Waals surface area (Å²) in [7, 11) is 2.23. The highest BCUT2D eigenvalue weighted by Gasteiger charge is 2.36. The smallest absolute Gasteiger partial charge is 0.225 e. The van der Waals surface area contributed by atoms with Crippen LogP contribution in [0.1, 0.15) is 58.3 Å². The monoisotopic (exact) mass is 418 g/mol. The van der Waals surface area contributed by atoms with Crippen molar-refractivity contribution in [3.05, 3.63) is 0 Å². The van der Waals surface area contributed by atoms with Crippen LogP contribution in [0, 0.1) is 11.8 Å². The van der Waals surface area contributed by atoms with Crippen LogP contribution in [-0.4, -0.2) is 103 Å². The van der Waals surface area contributed by atoms with Crippen molar-refractivity contribution >= 4 is 11.7 Å². The molecule has 1 amide bonds. The lowest BCUT2D eigenvalue weighted by Gasteiger charge is -2.40. The van der Waals surface area contributed by atoms with Crippen molar-refractivity contribution in [3.63, 3.8) is 0 Å². The number of amides is 1. The Hall–Kier alpha value is -0.980. The number of carbonyl (C=O) groups is 2. The quantitative estimate of drug-likeness (QED) is 0.684. The summed E-state index contributed by atoms with van der Waals surface area (Å²) in [6.45, 7) is 11.1. The highest BCUT2D eigenvalue weighted by atomic mass is 16.2. The number of likely N-dealkylation sites (tertiary alicyclic amines) is 2. The van der Waals surface area contributed by atoms with Crippen LogP contribution in [0.3, 0.4) is 0 Å². The van der Waals surface area contributed by atoms with E-state index < -0.39 is 0 Å². The second-order valence-electron chi connectivity index (χ2n) is 10.2. The minimum Gasteiger partial charge on any atom is -0.342 e. The first-order chi connectivity index (χ1) is 14.5. The summed E-state index contributed by atoms with van der Waals surface area (Å²) >= 11 is 0. The standard InChI is InChI=1S/C24H42N4O2/c1-3-23(29)19-4-6-20(7-5-19)24(30)27-11-8-21(9-12-27)28-13-10-22(18-28)26-16-14-25(2)15-17-26/h19-22H,3-18H2,1-2H3. The minimum absolute atomic E-state index is 0.163. The van der Waals surface area contributed by atoms with E-state index in [1.54, 1.807) is 0 Å². The lowest BCUT2D eigenvalue weighted by Crippen LogP contribution is -2.51. The Kier molecular flexibility index (Phi) is 7.48. The van der Waals surface area contributed by atoms with Crippen molar-refractivity contribution in [1.82, 2.24) is 19.6 Å². The number of hydrogen-bond acceptors (Lipinski definition) is 5. The van der Waals surface area contributed by atoms with Gasteiger partial charge in [-0.05, 0) is 52.0 Å². The molecular formula is C24H42N4O2. The average molecular weight is 419 g/mol. The Balaban J connectivity index is 1.19. The fourth-order valence-corrected chi connectivity index (χ4v) is 6.25. The van der Waals surface area contributed by atoms with Gasteiger partial charge in [-0.15, -0.1) is 0 Å². The fraction of sp³-hybridized carbons (Fsp3) is 0.917. The van der Waals surface area contributed by atoms with Crippen LogP contribution in [0.4, 0.5) is 0 Å². The zero-order chi connectivity index (χ0) is 21.1. The highest BCUT2D eigenvalue weighted by molar-refractivity contribution is 5.82. The van der Waals surface area contributed by atoms with Gasteiger partial charge < -0.3 is 9.80 Å². The van der Waals surface area contributed by atoms with Gasteiger partial charge >= 0.3 is 0 Å². The van der Waals surface area contributed by atoms with Crippen molar-refractivity contribution in [2.75, 3.05) is 59.4 Å². The molecule has 6 nitrogen and oxygen atoms in total. The van der Waals surface area contributed by atoms with E-state index in [1.165, 1.54) is 45.7 Å². The fourth-order valence-electron chi connectivity index (χ4n) is 6.25. The summed E-state index contributed by atoms with van der Waals surface area (Å²) in [5.41, 5.74) is 0. The van der Waals surface area contributed by atoms with Crippen LogP contribution in [0.2, 0.25) is 0 Å². The Morgan fingerprint density at radius 1 is 0.700 bits per heavy atom. The van der Waals surface area contributed by atoms with E-state index in [-0.39, 0.29) is 11.8 Å². The molecule has 4 rings (SSSR count). The largest absolute Gasteiger partial charge is 0.342 e. The Bertz CT molecular complexity index is 588. The number of piperidine rings is 1. The van der Waals surface area contributed by atoms with Crippen molar-refractivity contribution < 1.29 is 9.59 Å². The first kappa shape index (κ1) is 22.2. The number of carbonyl (C=O) groups excluding carboxylic acids is 2. The number of hydrogen-bond donors (Lipinski definition) is 0. The van der Waals surface area contributed by atoms with E-state index in [2.05, 4.69) is 26.6 Å². The molecule has 1 aliphatic carbocycles. The number of ketones is 1. The van der Waals surface area contributed by atoms with Gasteiger partial charge in [-0.3, -0.25) is 19.4 Å². The lowest BCUT2D eigenvalue weighted by atomic mass is 9.79. The van der Waals surface area contributed by atoms with Crippen LogP contribution in [-0.2, 0) is 9.59 Å². The second kappa shape index (κ2) is 10.1. The van der Waals surface area contributed by atoms with E-state index >= 15 is 0 Å². The van der Waals surface area contributed by atoms with Crippen LogP contribution in [0.15, 0.2) is 0 Å². The van der Waals surface area contributed by atoms with E-state index in [0.717, 1.165) is 57.7 Å². The third-order valence-corrected chi connectivity index (χ3v) is 8.42. The maximum absolute atomic E-state index is 13.0. The molecule has 0 spiro atoms. The Labute approximate surface area is 182 Å². The van der Waals surface area contributed by atoms with Gasteiger partial charge in [0, 0.05) is 82.7 Å². The van der Waals surface area contributed by atoms with Crippen LogP contribution >= 0.6 is 0 Å². The van der Waals surface area contributed by atoms with E-state index in [4.69, 9.17) is 0 Å². The molecule has 0 radical (unpaired) electrons. The molecule has 0 aromatic rings. The molecule has 30 heavy (non-hydrogen) atoms. The van der Waals surface area contributed by atoms with E-state index in [9.17, 15) is 9.59 Å².